The molecule has 0 radical (unpaired) electrons. The van der Waals surface area contributed by atoms with Crippen molar-refractivity contribution in [2.24, 2.45) is 10.9 Å². The number of aliphatic imine (C=N–C) groups is 1. The summed E-state index contributed by atoms with van der Waals surface area (Å²) in [7, 11) is 0. The smallest absolute Gasteiger partial charge is 0.0780 e. The second kappa shape index (κ2) is 5.24. The fourth-order valence-corrected chi connectivity index (χ4v) is 3.06. The number of benzene rings is 2. The van der Waals surface area contributed by atoms with Gasteiger partial charge in [0.15, 0.2) is 0 Å². The molecule has 0 N–H and O–H groups in total. The van der Waals surface area contributed by atoms with Crippen molar-refractivity contribution in [2.75, 3.05) is 0 Å². The SMILES string of the molecule is Cc1ccc(C)c(C=NC2c3ccccc3CC2C)c1. The summed E-state index contributed by atoms with van der Waals surface area (Å²) in [5.74, 6) is 0.591. The predicted molar refractivity (Wildman–Crippen MR) is 85.6 cm³/mol. The van der Waals surface area contributed by atoms with E-state index in [0.29, 0.717) is 12.0 Å². The summed E-state index contributed by atoms with van der Waals surface area (Å²) >= 11 is 0. The van der Waals surface area contributed by atoms with Gasteiger partial charge < -0.3 is 0 Å². The minimum absolute atomic E-state index is 0.311. The summed E-state index contributed by atoms with van der Waals surface area (Å²) in [6, 6.07) is 15.6. The quantitative estimate of drug-likeness (QED) is 0.699. The molecule has 20 heavy (non-hydrogen) atoms. The van der Waals surface area contributed by atoms with Crippen LogP contribution in [0.5, 0.6) is 0 Å². The fraction of sp³-hybridized carbons (Fsp3) is 0.316. The Bertz CT molecular complexity index is 655. The van der Waals surface area contributed by atoms with Gasteiger partial charge in [-0.15, -0.1) is 0 Å². The van der Waals surface area contributed by atoms with Crippen LogP contribution in [0.25, 0.3) is 0 Å². The van der Waals surface area contributed by atoms with E-state index in [1.807, 2.05) is 0 Å². The van der Waals surface area contributed by atoms with E-state index in [-0.39, 0.29) is 0 Å². The molecule has 0 amide bonds. The lowest BCUT2D eigenvalue weighted by atomic mass is 10.0. The summed E-state index contributed by atoms with van der Waals surface area (Å²) in [6.45, 7) is 6.57. The zero-order valence-electron chi connectivity index (χ0n) is 12.4. The van der Waals surface area contributed by atoms with Crippen molar-refractivity contribution in [1.29, 1.82) is 0 Å². The molecule has 0 fully saturated rings. The average molecular weight is 263 g/mol. The maximum absolute atomic E-state index is 4.89. The van der Waals surface area contributed by atoms with Gasteiger partial charge in [-0.1, -0.05) is 55.0 Å². The fourth-order valence-electron chi connectivity index (χ4n) is 3.06. The number of hydrogen-bond acceptors (Lipinski definition) is 1. The van der Waals surface area contributed by atoms with Gasteiger partial charge in [0.05, 0.1) is 6.04 Å². The van der Waals surface area contributed by atoms with Crippen LogP contribution in [0.2, 0.25) is 0 Å². The molecule has 2 atom stereocenters. The molecule has 3 rings (SSSR count). The van der Waals surface area contributed by atoms with Crippen LogP contribution in [0, 0.1) is 19.8 Å². The van der Waals surface area contributed by atoms with Crippen LogP contribution in [0.3, 0.4) is 0 Å². The molecule has 0 heterocycles. The summed E-state index contributed by atoms with van der Waals surface area (Å²) in [5.41, 5.74) is 6.68. The monoisotopic (exact) mass is 263 g/mol. The molecule has 1 nitrogen and oxygen atoms in total. The van der Waals surface area contributed by atoms with Crippen molar-refractivity contribution in [3.05, 3.63) is 70.3 Å². The van der Waals surface area contributed by atoms with E-state index in [1.165, 1.54) is 27.8 Å². The van der Waals surface area contributed by atoms with Crippen molar-refractivity contribution in [3.8, 4) is 0 Å². The Morgan fingerprint density at radius 2 is 1.90 bits per heavy atom. The highest BCUT2D eigenvalue weighted by atomic mass is 14.8. The summed E-state index contributed by atoms with van der Waals surface area (Å²) in [5, 5.41) is 0. The first kappa shape index (κ1) is 13.1. The maximum Gasteiger partial charge on any atom is 0.0780 e. The highest BCUT2D eigenvalue weighted by Crippen LogP contribution is 2.38. The van der Waals surface area contributed by atoms with Gasteiger partial charge in [-0.2, -0.15) is 0 Å². The van der Waals surface area contributed by atoms with Crippen LogP contribution in [0.1, 0.15) is 40.8 Å². The third kappa shape index (κ3) is 2.40. The highest BCUT2D eigenvalue weighted by molar-refractivity contribution is 5.82. The number of rotatable bonds is 2. The highest BCUT2D eigenvalue weighted by Gasteiger charge is 2.27. The topological polar surface area (TPSA) is 12.4 Å². The molecule has 1 aliphatic carbocycles. The second-order valence-electron chi connectivity index (χ2n) is 5.96. The lowest BCUT2D eigenvalue weighted by molar-refractivity contribution is 0.517. The normalized spacial score (nSPS) is 21.4. The number of fused-ring (bicyclic) bond motifs is 1. The first-order valence-corrected chi connectivity index (χ1v) is 7.33. The van der Waals surface area contributed by atoms with E-state index in [1.54, 1.807) is 0 Å². The molecule has 0 aromatic heterocycles. The van der Waals surface area contributed by atoms with Gasteiger partial charge in [0, 0.05) is 6.21 Å². The maximum atomic E-state index is 4.89. The molecule has 0 aliphatic heterocycles. The Labute approximate surface area is 121 Å². The van der Waals surface area contributed by atoms with Crippen molar-refractivity contribution in [3.63, 3.8) is 0 Å². The van der Waals surface area contributed by atoms with Crippen LogP contribution >= 0.6 is 0 Å². The van der Waals surface area contributed by atoms with Crippen LogP contribution in [0.4, 0.5) is 0 Å². The van der Waals surface area contributed by atoms with E-state index in [9.17, 15) is 0 Å². The zero-order chi connectivity index (χ0) is 14.1. The van der Waals surface area contributed by atoms with Crippen molar-refractivity contribution in [2.45, 2.75) is 33.2 Å². The molecule has 1 heteroatoms. The molecule has 2 unspecified atom stereocenters. The molecule has 0 saturated carbocycles. The van der Waals surface area contributed by atoms with Crippen molar-refractivity contribution >= 4 is 6.21 Å². The van der Waals surface area contributed by atoms with Gasteiger partial charge in [-0.25, -0.2) is 0 Å². The first-order chi connectivity index (χ1) is 9.65. The van der Waals surface area contributed by atoms with Gasteiger partial charge in [0.2, 0.25) is 0 Å². The number of aryl methyl sites for hydroxylation is 2. The van der Waals surface area contributed by atoms with E-state index in [0.717, 1.165) is 6.42 Å². The molecule has 2 aromatic rings. The van der Waals surface area contributed by atoms with E-state index in [4.69, 9.17) is 4.99 Å². The average Bonchev–Trinajstić information content (AvgIpc) is 2.75. The van der Waals surface area contributed by atoms with Gasteiger partial charge in [0.1, 0.15) is 0 Å². The summed E-state index contributed by atoms with van der Waals surface area (Å²) in [4.78, 5) is 4.89. The minimum atomic E-state index is 0.311. The number of nitrogens with zero attached hydrogens (tertiary/aromatic N) is 1. The predicted octanol–water partition coefficient (Wildman–Crippen LogP) is 4.66. The Hall–Kier alpha value is -1.89. The lowest BCUT2D eigenvalue weighted by Gasteiger charge is -2.11. The largest absolute Gasteiger partial charge is 0.284 e. The lowest BCUT2D eigenvalue weighted by Crippen LogP contribution is -2.01. The van der Waals surface area contributed by atoms with Crippen LogP contribution in [0.15, 0.2) is 47.5 Å². The zero-order valence-corrected chi connectivity index (χ0v) is 12.4. The molecule has 0 bridgehead atoms. The Morgan fingerprint density at radius 3 is 2.75 bits per heavy atom. The second-order valence-corrected chi connectivity index (χ2v) is 5.96. The Morgan fingerprint density at radius 1 is 1.10 bits per heavy atom. The third-order valence-corrected chi connectivity index (χ3v) is 4.26. The third-order valence-electron chi connectivity index (χ3n) is 4.26. The van der Waals surface area contributed by atoms with E-state index >= 15 is 0 Å². The van der Waals surface area contributed by atoms with Crippen LogP contribution in [-0.4, -0.2) is 6.21 Å². The van der Waals surface area contributed by atoms with Crippen molar-refractivity contribution in [1.82, 2.24) is 0 Å². The summed E-state index contributed by atoms with van der Waals surface area (Å²) < 4.78 is 0. The van der Waals surface area contributed by atoms with Crippen LogP contribution in [-0.2, 0) is 6.42 Å². The summed E-state index contributed by atoms with van der Waals surface area (Å²) in [6.07, 6.45) is 3.20. The molecular formula is C19H21N. The Kier molecular flexibility index (Phi) is 3.43. The Balaban J connectivity index is 1.91. The molecule has 2 aromatic carbocycles. The van der Waals surface area contributed by atoms with E-state index < -0.39 is 0 Å². The van der Waals surface area contributed by atoms with Gasteiger partial charge >= 0.3 is 0 Å². The molecule has 1 aliphatic rings. The molecule has 102 valence electrons. The van der Waals surface area contributed by atoms with Crippen molar-refractivity contribution < 1.29 is 0 Å². The molecule has 0 saturated heterocycles. The van der Waals surface area contributed by atoms with Gasteiger partial charge in [-0.3, -0.25) is 4.99 Å². The van der Waals surface area contributed by atoms with Gasteiger partial charge in [0.25, 0.3) is 0 Å². The minimum Gasteiger partial charge on any atom is -0.284 e. The van der Waals surface area contributed by atoms with Crippen LogP contribution < -0.4 is 0 Å². The molecular weight excluding hydrogens is 242 g/mol. The van der Waals surface area contributed by atoms with Gasteiger partial charge in [-0.05, 0) is 48.4 Å². The van der Waals surface area contributed by atoms with E-state index in [2.05, 4.69) is 69.5 Å². The number of hydrogen-bond donors (Lipinski definition) is 0. The first-order valence-electron chi connectivity index (χ1n) is 7.33. The molecule has 0 spiro atoms. The standard InChI is InChI=1S/C19H21N/c1-13-8-9-14(2)17(10-13)12-20-19-15(3)11-16-6-4-5-7-18(16)19/h4-10,12,15,19H,11H2,1-3H3.